The van der Waals surface area contributed by atoms with Gasteiger partial charge >= 0.3 is 0 Å². The lowest BCUT2D eigenvalue weighted by Crippen LogP contribution is -2.84. The van der Waals surface area contributed by atoms with E-state index in [0.29, 0.717) is 0 Å². The summed E-state index contributed by atoms with van der Waals surface area (Å²) in [6.45, 7) is 5.53. The first-order chi connectivity index (χ1) is 4.41. The molecular weight excluding hydrogens is 112 g/mol. The first-order valence-electron chi connectivity index (χ1n) is 3.93. The van der Waals surface area contributed by atoms with Crippen LogP contribution < -0.4 is 11.1 Å². The molecule has 9 heavy (non-hydrogen) atoms. The van der Waals surface area contributed by atoms with Gasteiger partial charge in [0, 0.05) is 6.42 Å². The van der Waals surface area contributed by atoms with E-state index in [4.69, 9.17) is 5.73 Å². The van der Waals surface area contributed by atoms with Gasteiger partial charge in [-0.05, 0) is 13.0 Å². The SMILES string of the molecule is CCCC[NH2+]CCCN. The molecule has 0 saturated heterocycles. The Morgan fingerprint density at radius 1 is 1.22 bits per heavy atom. The Morgan fingerprint density at radius 2 is 1.89 bits per heavy atom. The number of quaternary nitrogens is 1. The lowest BCUT2D eigenvalue weighted by Gasteiger charge is -1.97. The molecule has 0 heterocycles. The summed E-state index contributed by atoms with van der Waals surface area (Å²) < 4.78 is 0. The largest absolute Gasteiger partial charge is 0.346 e. The van der Waals surface area contributed by atoms with E-state index in [1.54, 1.807) is 0 Å². The highest BCUT2D eigenvalue weighted by Crippen LogP contribution is 1.77. The summed E-state index contributed by atoms with van der Waals surface area (Å²) in [6.07, 6.45) is 3.80. The molecule has 0 spiro atoms. The molecule has 0 aliphatic carbocycles. The normalized spacial score (nSPS) is 10.0. The Labute approximate surface area is 57.8 Å². The van der Waals surface area contributed by atoms with Gasteiger partial charge < -0.3 is 11.1 Å². The molecule has 0 bridgehead atoms. The predicted octanol–water partition coefficient (Wildman–Crippen LogP) is -0.301. The van der Waals surface area contributed by atoms with Crippen LogP contribution in [0.3, 0.4) is 0 Å². The maximum absolute atomic E-state index is 5.32. The maximum atomic E-state index is 5.32. The Bertz CT molecular complexity index is 40.2. The minimum absolute atomic E-state index is 0.836. The molecule has 4 N–H and O–H groups in total. The third kappa shape index (κ3) is 7.92. The van der Waals surface area contributed by atoms with Crippen molar-refractivity contribution in [3.63, 3.8) is 0 Å². The molecule has 0 unspecified atom stereocenters. The van der Waals surface area contributed by atoms with Gasteiger partial charge in [0.05, 0.1) is 13.1 Å². The van der Waals surface area contributed by atoms with Crippen molar-refractivity contribution in [1.29, 1.82) is 0 Å². The van der Waals surface area contributed by atoms with Crippen molar-refractivity contribution in [3.8, 4) is 0 Å². The van der Waals surface area contributed by atoms with E-state index in [1.807, 2.05) is 0 Å². The maximum Gasteiger partial charge on any atom is 0.0767 e. The standard InChI is InChI=1S/C7H18N2/c1-2-3-6-9-7-4-5-8/h9H,2-8H2,1H3/p+1. The van der Waals surface area contributed by atoms with Crippen molar-refractivity contribution < 1.29 is 5.32 Å². The Balaban J connectivity index is 2.60. The summed E-state index contributed by atoms with van der Waals surface area (Å²) in [5.41, 5.74) is 5.32. The molecule has 0 aromatic rings. The second kappa shape index (κ2) is 7.92. The Hall–Kier alpha value is -0.0800. The third-order valence-electron chi connectivity index (χ3n) is 1.37. The van der Waals surface area contributed by atoms with Crippen molar-refractivity contribution in [1.82, 2.24) is 0 Å². The predicted molar refractivity (Wildman–Crippen MR) is 40.2 cm³/mol. The lowest BCUT2D eigenvalue weighted by molar-refractivity contribution is -0.655. The fourth-order valence-corrected chi connectivity index (χ4v) is 0.755. The highest BCUT2D eigenvalue weighted by Gasteiger charge is 1.86. The number of hydrogen-bond acceptors (Lipinski definition) is 1. The molecule has 0 rings (SSSR count). The van der Waals surface area contributed by atoms with Gasteiger partial charge in [-0.3, -0.25) is 0 Å². The van der Waals surface area contributed by atoms with Crippen LogP contribution in [-0.4, -0.2) is 19.6 Å². The van der Waals surface area contributed by atoms with Crippen LogP contribution in [0.5, 0.6) is 0 Å². The summed E-state index contributed by atoms with van der Waals surface area (Å²) in [6, 6.07) is 0. The van der Waals surface area contributed by atoms with E-state index in [2.05, 4.69) is 12.2 Å². The van der Waals surface area contributed by atoms with E-state index in [-0.39, 0.29) is 0 Å². The molecule has 2 heteroatoms. The van der Waals surface area contributed by atoms with E-state index >= 15 is 0 Å². The zero-order valence-corrected chi connectivity index (χ0v) is 6.40. The van der Waals surface area contributed by atoms with Gasteiger partial charge in [0.2, 0.25) is 0 Å². The van der Waals surface area contributed by atoms with Crippen LogP contribution in [0, 0.1) is 0 Å². The lowest BCUT2D eigenvalue weighted by atomic mass is 10.3. The highest BCUT2D eigenvalue weighted by molar-refractivity contribution is 4.31. The molecule has 0 fully saturated rings. The number of nitrogens with two attached hydrogens (primary N) is 2. The van der Waals surface area contributed by atoms with Gasteiger partial charge in [-0.25, -0.2) is 0 Å². The average Bonchev–Trinajstić information content (AvgIpc) is 1.89. The fourth-order valence-electron chi connectivity index (χ4n) is 0.755. The molecule has 0 amide bonds. The Kier molecular flexibility index (Phi) is 7.85. The highest BCUT2D eigenvalue weighted by atomic mass is 14.8. The molecule has 0 aliphatic rings. The molecule has 0 atom stereocenters. The van der Waals surface area contributed by atoms with Crippen LogP contribution in [0.4, 0.5) is 0 Å². The molecular formula is C7H19N2+. The van der Waals surface area contributed by atoms with E-state index in [0.717, 1.165) is 13.0 Å². The molecule has 0 radical (unpaired) electrons. The van der Waals surface area contributed by atoms with Crippen LogP contribution in [0.15, 0.2) is 0 Å². The zero-order chi connectivity index (χ0) is 6.95. The monoisotopic (exact) mass is 131 g/mol. The van der Waals surface area contributed by atoms with Crippen LogP contribution in [-0.2, 0) is 0 Å². The number of rotatable bonds is 6. The summed E-state index contributed by atoms with van der Waals surface area (Å²) in [5, 5.41) is 2.34. The smallest absolute Gasteiger partial charge is 0.0767 e. The molecule has 56 valence electrons. The quantitative estimate of drug-likeness (QED) is 0.477. The van der Waals surface area contributed by atoms with Crippen LogP contribution >= 0.6 is 0 Å². The Morgan fingerprint density at radius 3 is 2.44 bits per heavy atom. The van der Waals surface area contributed by atoms with Gasteiger partial charge in [0.1, 0.15) is 0 Å². The van der Waals surface area contributed by atoms with Gasteiger partial charge in [-0.1, -0.05) is 13.3 Å². The molecule has 2 nitrogen and oxygen atoms in total. The third-order valence-corrected chi connectivity index (χ3v) is 1.37. The van der Waals surface area contributed by atoms with E-state index in [1.165, 1.54) is 25.9 Å². The number of unbranched alkanes of at least 4 members (excludes halogenated alkanes) is 1. The van der Waals surface area contributed by atoms with Crippen molar-refractivity contribution >= 4 is 0 Å². The van der Waals surface area contributed by atoms with Gasteiger partial charge in [0.25, 0.3) is 0 Å². The van der Waals surface area contributed by atoms with Gasteiger partial charge in [-0.15, -0.1) is 0 Å². The van der Waals surface area contributed by atoms with Crippen molar-refractivity contribution in [2.24, 2.45) is 5.73 Å². The van der Waals surface area contributed by atoms with Gasteiger partial charge in [0.15, 0.2) is 0 Å². The van der Waals surface area contributed by atoms with Crippen molar-refractivity contribution in [3.05, 3.63) is 0 Å². The van der Waals surface area contributed by atoms with Crippen molar-refractivity contribution in [2.75, 3.05) is 19.6 Å². The summed E-state index contributed by atoms with van der Waals surface area (Å²) in [7, 11) is 0. The zero-order valence-electron chi connectivity index (χ0n) is 6.40. The molecule has 0 aliphatic heterocycles. The van der Waals surface area contributed by atoms with E-state index in [9.17, 15) is 0 Å². The minimum Gasteiger partial charge on any atom is -0.346 e. The van der Waals surface area contributed by atoms with Crippen LogP contribution in [0.2, 0.25) is 0 Å². The summed E-state index contributed by atoms with van der Waals surface area (Å²) in [5.74, 6) is 0. The summed E-state index contributed by atoms with van der Waals surface area (Å²) >= 11 is 0. The molecule has 0 aromatic carbocycles. The minimum atomic E-state index is 0.836. The van der Waals surface area contributed by atoms with E-state index < -0.39 is 0 Å². The fraction of sp³-hybridized carbons (Fsp3) is 1.00. The second-order valence-corrected chi connectivity index (χ2v) is 2.36. The van der Waals surface area contributed by atoms with Crippen LogP contribution in [0.1, 0.15) is 26.2 Å². The molecule has 0 aromatic heterocycles. The number of hydrogen-bond donors (Lipinski definition) is 2. The summed E-state index contributed by atoms with van der Waals surface area (Å²) in [4.78, 5) is 0. The van der Waals surface area contributed by atoms with Crippen LogP contribution in [0.25, 0.3) is 0 Å². The second-order valence-electron chi connectivity index (χ2n) is 2.36. The van der Waals surface area contributed by atoms with Gasteiger partial charge in [-0.2, -0.15) is 0 Å². The molecule has 0 saturated carbocycles. The average molecular weight is 131 g/mol. The van der Waals surface area contributed by atoms with Crippen molar-refractivity contribution in [2.45, 2.75) is 26.2 Å². The topological polar surface area (TPSA) is 42.6 Å². The first-order valence-corrected chi connectivity index (χ1v) is 3.93. The first kappa shape index (κ1) is 8.92.